The smallest absolute Gasteiger partial charge is 0.422 e. The van der Waals surface area contributed by atoms with Crippen LogP contribution in [0.4, 0.5) is 33.5 Å². The van der Waals surface area contributed by atoms with Gasteiger partial charge in [-0.3, -0.25) is 10.1 Å². The first-order valence-corrected chi connectivity index (χ1v) is 14.7. The van der Waals surface area contributed by atoms with E-state index in [4.69, 9.17) is 19.3 Å². The Labute approximate surface area is 279 Å². The second kappa shape index (κ2) is 14.1. The van der Waals surface area contributed by atoms with Gasteiger partial charge in [-0.15, -0.1) is 0 Å². The van der Waals surface area contributed by atoms with Gasteiger partial charge in [-0.05, 0) is 49.4 Å². The van der Waals surface area contributed by atoms with E-state index in [1.807, 2.05) is 0 Å². The van der Waals surface area contributed by atoms with E-state index in [1.165, 1.54) is 37.1 Å². The third-order valence-electron chi connectivity index (χ3n) is 7.57. The Bertz CT molecular complexity index is 2090. The van der Waals surface area contributed by atoms with Crippen molar-refractivity contribution in [3.63, 3.8) is 0 Å². The number of fused-ring (bicyclic) bond motifs is 2. The van der Waals surface area contributed by atoms with E-state index in [9.17, 15) is 33.2 Å². The molecule has 1 aromatic heterocycles. The van der Waals surface area contributed by atoms with Gasteiger partial charge in [-0.25, -0.2) is 13.6 Å². The number of nitro groups is 1. The Morgan fingerprint density at radius 1 is 1.20 bits per heavy atom. The lowest BCUT2D eigenvalue weighted by Crippen LogP contribution is -2.46. The lowest BCUT2D eigenvalue weighted by Gasteiger charge is -2.38. The van der Waals surface area contributed by atoms with Crippen molar-refractivity contribution in [3.8, 4) is 34.7 Å². The third kappa shape index (κ3) is 7.82. The molecule has 1 saturated heterocycles. The number of aliphatic carboxylic acids is 1. The van der Waals surface area contributed by atoms with E-state index in [1.54, 1.807) is 0 Å². The van der Waals surface area contributed by atoms with E-state index >= 15 is 8.78 Å². The number of carboxylic acid groups (broad SMARTS) is 1. The van der Waals surface area contributed by atoms with Crippen molar-refractivity contribution in [2.24, 2.45) is 0 Å². The molecule has 0 bridgehead atoms. The highest BCUT2D eigenvalue weighted by molar-refractivity contribution is 6.06. The number of piperidine rings is 1. The zero-order valence-electron chi connectivity index (χ0n) is 26.3. The quantitative estimate of drug-likeness (QED) is 0.0534. The number of carbonyl (C=O) groups is 1. The van der Waals surface area contributed by atoms with Crippen LogP contribution in [-0.2, 0) is 9.53 Å². The molecule has 4 aromatic rings. The zero-order chi connectivity index (χ0) is 36.4. The molecular weight excluding hydrogens is 675 g/mol. The number of allylic oxidation sites excluding steroid dienone is 1. The first kappa shape index (κ1) is 35.7. The normalized spacial score (nSPS) is 16.4. The molecule has 3 aromatic carbocycles. The fraction of sp³-hybridized carbons (Fsp3) is 0.303. The molecule has 50 heavy (non-hydrogen) atoms. The zero-order valence-corrected chi connectivity index (χ0v) is 26.3. The van der Waals surface area contributed by atoms with Crippen LogP contribution < -0.4 is 14.4 Å². The highest BCUT2D eigenvalue weighted by Crippen LogP contribution is 2.45. The summed E-state index contributed by atoms with van der Waals surface area (Å²) in [4.78, 5) is 32.1. The van der Waals surface area contributed by atoms with Gasteiger partial charge in [0.1, 0.15) is 22.9 Å². The Hall–Kier alpha value is -5.60. The first-order chi connectivity index (χ1) is 23.6. The van der Waals surface area contributed by atoms with E-state index in [-0.39, 0.29) is 58.7 Å². The topological polar surface area (TPSA) is 157 Å². The average Bonchev–Trinajstić information content (AvgIpc) is 3.04. The van der Waals surface area contributed by atoms with Crippen LogP contribution in [0.5, 0.6) is 11.8 Å². The van der Waals surface area contributed by atoms with E-state index in [0.717, 1.165) is 18.2 Å². The number of aliphatic hydroxyl groups is 1. The highest BCUT2D eigenvalue weighted by atomic mass is 19.4. The SMILES string of the molecule is COCOc1cc(-c2c([N+](=O)[O-])cc3c(N4CCC[C@@](C)(O)C4)nc(OCC(F)(F)F)nc3c2F)c2c(C#C/C=C/C(=O)O)c(F)ccc2c1. The number of nitrogens with zero attached hydrogens (tertiary/aromatic N) is 4. The summed E-state index contributed by atoms with van der Waals surface area (Å²) >= 11 is 0. The molecule has 0 spiro atoms. The summed E-state index contributed by atoms with van der Waals surface area (Å²) in [6, 6.07) is 4.93. The highest BCUT2D eigenvalue weighted by Gasteiger charge is 2.35. The number of β-amino-alcohol motifs (C(OH)–C–C–N with tert-alkyl or cyclic N) is 1. The number of alkyl halides is 3. The molecule has 12 nitrogen and oxygen atoms in total. The summed E-state index contributed by atoms with van der Waals surface area (Å²) in [5.41, 5.74) is -4.25. The van der Waals surface area contributed by atoms with Gasteiger partial charge in [-0.1, -0.05) is 17.9 Å². The van der Waals surface area contributed by atoms with Crippen LogP contribution in [0.25, 0.3) is 32.8 Å². The lowest BCUT2D eigenvalue weighted by atomic mass is 9.91. The van der Waals surface area contributed by atoms with Gasteiger partial charge in [0, 0.05) is 43.3 Å². The number of methoxy groups -OCH3 is 1. The van der Waals surface area contributed by atoms with Gasteiger partial charge >= 0.3 is 18.2 Å². The summed E-state index contributed by atoms with van der Waals surface area (Å²) in [6.45, 7) is -0.517. The number of hydrogen-bond acceptors (Lipinski definition) is 10. The molecular formula is C33H27F5N4O8. The molecule has 0 amide bonds. The Kier molecular flexibility index (Phi) is 10.1. The van der Waals surface area contributed by atoms with Gasteiger partial charge in [0.25, 0.3) is 5.69 Å². The van der Waals surface area contributed by atoms with Crippen molar-refractivity contribution in [2.75, 3.05) is 38.5 Å². The molecule has 1 fully saturated rings. The number of nitro benzene ring substituents is 1. The molecule has 262 valence electrons. The van der Waals surface area contributed by atoms with Crippen LogP contribution in [0.3, 0.4) is 0 Å². The number of carboxylic acids is 1. The maximum absolute atomic E-state index is 17.1. The molecule has 0 aliphatic carbocycles. The van der Waals surface area contributed by atoms with Crippen LogP contribution in [0.15, 0.2) is 42.5 Å². The van der Waals surface area contributed by atoms with Gasteiger partial charge in [-0.2, -0.15) is 23.1 Å². The molecule has 2 N–H and O–H groups in total. The minimum Gasteiger partial charge on any atom is -0.478 e. The number of benzene rings is 3. The van der Waals surface area contributed by atoms with Crippen molar-refractivity contribution in [1.29, 1.82) is 0 Å². The summed E-state index contributed by atoms with van der Waals surface area (Å²) in [6.07, 6.45) is -2.44. The molecule has 1 aliphatic heterocycles. The van der Waals surface area contributed by atoms with E-state index < -0.39 is 63.7 Å². The lowest BCUT2D eigenvalue weighted by molar-refractivity contribution is -0.384. The van der Waals surface area contributed by atoms with Crippen LogP contribution in [0.2, 0.25) is 0 Å². The third-order valence-corrected chi connectivity index (χ3v) is 7.57. The van der Waals surface area contributed by atoms with Gasteiger partial charge in [0.15, 0.2) is 19.2 Å². The Balaban J connectivity index is 1.88. The number of aromatic nitrogens is 2. The second-order valence-corrected chi connectivity index (χ2v) is 11.5. The van der Waals surface area contributed by atoms with Gasteiger partial charge in [0.2, 0.25) is 0 Å². The van der Waals surface area contributed by atoms with Crippen LogP contribution in [0.1, 0.15) is 25.3 Å². The maximum atomic E-state index is 17.1. The van der Waals surface area contributed by atoms with Gasteiger partial charge < -0.3 is 29.3 Å². The Morgan fingerprint density at radius 2 is 1.96 bits per heavy atom. The number of ether oxygens (including phenoxy) is 3. The fourth-order valence-corrected chi connectivity index (χ4v) is 5.60. The minimum atomic E-state index is -4.82. The Morgan fingerprint density at radius 3 is 2.62 bits per heavy atom. The van der Waals surface area contributed by atoms with E-state index in [2.05, 4.69) is 21.8 Å². The summed E-state index contributed by atoms with van der Waals surface area (Å²) < 4.78 is 87.2. The molecule has 0 radical (unpaired) electrons. The van der Waals surface area contributed by atoms with Crippen LogP contribution in [-0.4, -0.2) is 76.5 Å². The molecule has 17 heteroatoms. The number of hydrogen-bond donors (Lipinski definition) is 2. The van der Waals surface area contributed by atoms with E-state index in [0.29, 0.717) is 18.9 Å². The molecule has 0 unspecified atom stereocenters. The largest absolute Gasteiger partial charge is 0.478 e. The molecule has 1 aliphatic rings. The predicted octanol–water partition coefficient (Wildman–Crippen LogP) is 5.90. The summed E-state index contributed by atoms with van der Waals surface area (Å²) in [7, 11) is 1.32. The standard InChI is InChI=1S/C33H27F5N4O8/c1-32(45)10-5-11-41(15-32)30-22-14-24(42(46)47)27(28(35)29(22)39-31(40-30)49-16-33(36,37)38)21-13-19(50-17-48-2)12-18-8-9-23(34)20(26(18)21)6-3-4-7-25(43)44/h4,7-9,12-14,45H,5,10-11,15-17H2,1-2H3,(H,43,44)/b7-4+/t32-/m1/s1. The molecule has 0 saturated carbocycles. The average molecular weight is 703 g/mol. The summed E-state index contributed by atoms with van der Waals surface area (Å²) in [5.74, 6) is 0.977. The molecule has 5 rings (SSSR count). The second-order valence-electron chi connectivity index (χ2n) is 11.5. The van der Waals surface area contributed by atoms with Crippen molar-refractivity contribution in [2.45, 2.75) is 31.5 Å². The maximum Gasteiger partial charge on any atom is 0.422 e. The molecule has 2 heterocycles. The van der Waals surface area contributed by atoms with Crippen molar-refractivity contribution in [1.82, 2.24) is 9.97 Å². The fourth-order valence-electron chi connectivity index (χ4n) is 5.60. The van der Waals surface area contributed by atoms with Crippen molar-refractivity contribution < 1.29 is 56.1 Å². The first-order valence-electron chi connectivity index (χ1n) is 14.7. The predicted molar refractivity (Wildman–Crippen MR) is 169 cm³/mol. The molecule has 1 atom stereocenters. The number of anilines is 1. The monoisotopic (exact) mass is 702 g/mol. The van der Waals surface area contributed by atoms with Crippen molar-refractivity contribution in [3.05, 3.63) is 69.8 Å². The van der Waals surface area contributed by atoms with Crippen LogP contribution in [0, 0.1) is 33.6 Å². The summed E-state index contributed by atoms with van der Waals surface area (Å²) in [5, 5.41) is 32.1. The van der Waals surface area contributed by atoms with Gasteiger partial charge in [0.05, 0.1) is 27.0 Å². The number of rotatable bonds is 9. The van der Waals surface area contributed by atoms with Crippen LogP contribution >= 0.6 is 0 Å². The number of halogens is 5. The van der Waals surface area contributed by atoms with Crippen molar-refractivity contribution >= 4 is 39.1 Å². The minimum absolute atomic E-state index is 0.00700.